The quantitative estimate of drug-likeness (QED) is 0.215. The zero-order valence-corrected chi connectivity index (χ0v) is 16.8. The maximum Gasteiger partial charge on any atom is 0.402 e. The Balaban J connectivity index is 0. The summed E-state index contributed by atoms with van der Waals surface area (Å²) in [5, 5.41) is 0. The van der Waals surface area contributed by atoms with Gasteiger partial charge in [-0.15, -0.1) is 0 Å². The van der Waals surface area contributed by atoms with E-state index in [1.54, 1.807) is 6.92 Å². The molecule has 23 heavy (non-hydrogen) atoms. The lowest BCUT2D eigenvalue weighted by atomic mass is 10.1. The molecule has 0 bridgehead atoms. The van der Waals surface area contributed by atoms with Gasteiger partial charge in [-0.1, -0.05) is 58.3 Å². The number of unbranched alkanes of at least 4 members (excludes halogenated alkanes) is 9. The normalized spacial score (nSPS) is 13.6. The van der Waals surface area contributed by atoms with E-state index in [0.717, 1.165) is 19.4 Å². The van der Waals surface area contributed by atoms with E-state index in [1.807, 2.05) is 14.1 Å². The highest BCUT2D eigenvalue weighted by Crippen LogP contribution is 2.15. The third kappa shape index (κ3) is 15.4. The SMILES string of the molecule is CCCCCCCCCCCC[N+](C)(C)C(C)OS(=O)(=O)O.[Cl-]. The predicted molar refractivity (Wildman–Crippen MR) is 90.9 cm³/mol. The molecule has 1 N–H and O–H groups in total. The zero-order valence-electron chi connectivity index (χ0n) is 15.3. The molecule has 0 aromatic heterocycles. The van der Waals surface area contributed by atoms with E-state index in [4.69, 9.17) is 4.55 Å². The summed E-state index contributed by atoms with van der Waals surface area (Å²) in [6, 6.07) is 0. The minimum absolute atomic E-state index is 0. The van der Waals surface area contributed by atoms with Crippen LogP contribution in [0.1, 0.15) is 78.1 Å². The highest BCUT2D eigenvalue weighted by atomic mass is 35.5. The molecule has 5 nitrogen and oxygen atoms in total. The molecule has 7 heteroatoms. The van der Waals surface area contributed by atoms with Gasteiger partial charge in [0.05, 0.1) is 20.6 Å². The van der Waals surface area contributed by atoms with Gasteiger partial charge in [0.15, 0.2) is 0 Å². The topological polar surface area (TPSA) is 63.6 Å². The molecule has 0 aliphatic rings. The van der Waals surface area contributed by atoms with Gasteiger partial charge in [-0.25, -0.2) is 0 Å². The van der Waals surface area contributed by atoms with Gasteiger partial charge < -0.3 is 16.9 Å². The van der Waals surface area contributed by atoms with E-state index in [2.05, 4.69) is 11.1 Å². The minimum atomic E-state index is -4.37. The molecule has 1 atom stereocenters. The fraction of sp³-hybridized carbons (Fsp3) is 1.00. The molecule has 0 heterocycles. The van der Waals surface area contributed by atoms with Crippen molar-refractivity contribution in [2.75, 3.05) is 20.6 Å². The molecule has 1 unspecified atom stereocenters. The molecule has 0 saturated heterocycles. The van der Waals surface area contributed by atoms with Crippen molar-refractivity contribution >= 4 is 10.4 Å². The Morgan fingerprint density at radius 3 is 1.70 bits per heavy atom. The Morgan fingerprint density at radius 2 is 1.30 bits per heavy atom. The monoisotopic (exact) mass is 373 g/mol. The molecule has 0 fully saturated rings. The van der Waals surface area contributed by atoms with Crippen LogP contribution in [0, 0.1) is 0 Å². The van der Waals surface area contributed by atoms with E-state index >= 15 is 0 Å². The van der Waals surface area contributed by atoms with Crippen LogP contribution in [0.4, 0.5) is 0 Å². The van der Waals surface area contributed by atoms with Crippen LogP contribution in [0.15, 0.2) is 0 Å². The first-order valence-electron chi connectivity index (χ1n) is 8.67. The lowest BCUT2D eigenvalue weighted by Gasteiger charge is -2.34. The van der Waals surface area contributed by atoms with Gasteiger partial charge in [-0.05, 0) is 12.8 Å². The summed E-state index contributed by atoms with van der Waals surface area (Å²) in [5.74, 6) is 0. The largest absolute Gasteiger partial charge is 1.00 e. The Labute approximate surface area is 149 Å². The van der Waals surface area contributed by atoms with E-state index in [0.29, 0.717) is 4.48 Å². The third-order valence-electron chi connectivity index (χ3n) is 4.33. The third-order valence-corrected chi connectivity index (χ3v) is 4.85. The fourth-order valence-electron chi connectivity index (χ4n) is 2.48. The van der Waals surface area contributed by atoms with Gasteiger partial charge in [-0.3, -0.25) is 4.55 Å². The second-order valence-electron chi connectivity index (χ2n) is 6.81. The summed E-state index contributed by atoms with van der Waals surface area (Å²) in [4.78, 5) is 0. The second kappa shape index (κ2) is 13.4. The van der Waals surface area contributed by atoms with Crippen LogP contribution in [0.2, 0.25) is 0 Å². The summed E-state index contributed by atoms with van der Waals surface area (Å²) in [6.45, 7) is 4.75. The van der Waals surface area contributed by atoms with Crippen molar-refractivity contribution < 1.29 is 34.0 Å². The Morgan fingerprint density at radius 1 is 0.913 bits per heavy atom. The van der Waals surface area contributed by atoms with Crippen molar-refractivity contribution in [2.24, 2.45) is 0 Å². The van der Waals surface area contributed by atoms with Gasteiger partial charge in [0.1, 0.15) is 0 Å². The zero-order chi connectivity index (χ0) is 17.1. The molecule has 0 aliphatic heterocycles. The number of hydrogen-bond acceptors (Lipinski definition) is 3. The Kier molecular flexibility index (Phi) is 14.8. The molecular formula is C16H36ClNO4S. The van der Waals surface area contributed by atoms with Gasteiger partial charge in [-0.2, -0.15) is 12.6 Å². The van der Waals surface area contributed by atoms with Crippen LogP contribution in [0.5, 0.6) is 0 Å². The Bertz CT molecular complexity index is 374. The van der Waals surface area contributed by atoms with Crippen molar-refractivity contribution in [2.45, 2.75) is 84.3 Å². The molecule has 0 radical (unpaired) electrons. The molecule has 142 valence electrons. The molecular weight excluding hydrogens is 338 g/mol. The first-order valence-corrected chi connectivity index (χ1v) is 10.0. The van der Waals surface area contributed by atoms with Gasteiger partial charge in [0.2, 0.25) is 6.23 Å². The maximum atomic E-state index is 10.8. The second-order valence-corrected chi connectivity index (χ2v) is 7.86. The summed E-state index contributed by atoms with van der Waals surface area (Å²) in [5.41, 5.74) is 0. The summed E-state index contributed by atoms with van der Waals surface area (Å²) >= 11 is 0. The summed E-state index contributed by atoms with van der Waals surface area (Å²) in [6.07, 6.45) is 12.2. The highest BCUT2D eigenvalue weighted by molar-refractivity contribution is 7.80. The van der Waals surface area contributed by atoms with Crippen LogP contribution in [-0.2, 0) is 14.6 Å². The number of nitrogens with zero attached hydrogens (tertiary/aromatic N) is 1. The van der Waals surface area contributed by atoms with Crippen LogP contribution < -0.4 is 12.4 Å². The molecule has 0 rings (SSSR count). The van der Waals surface area contributed by atoms with Gasteiger partial charge in [0, 0.05) is 6.92 Å². The van der Waals surface area contributed by atoms with Crippen LogP contribution in [-0.4, -0.2) is 44.3 Å². The lowest BCUT2D eigenvalue weighted by molar-refractivity contribution is -0.931. The number of hydrogen-bond donors (Lipinski definition) is 1. The number of quaternary nitrogens is 1. The molecule has 0 spiro atoms. The maximum absolute atomic E-state index is 10.8. The Hall–Kier alpha value is 0.120. The van der Waals surface area contributed by atoms with Crippen LogP contribution in [0.3, 0.4) is 0 Å². The van der Waals surface area contributed by atoms with Crippen molar-refractivity contribution in [3.05, 3.63) is 0 Å². The van der Waals surface area contributed by atoms with Gasteiger partial charge in [0.25, 0.3) is 0 Å². The van der Waals surface area contributed by atoms with Crippen molar-refractivity contribution in [1.82, 2.24) is 0 Å². The summed E-state index contributed by atoms with van der Waals surface area (Å²) in [7, 11) is -0.534. The fourth-order valence-corrected chi connectivity index (χ4v) is 3.07. The van der Waals surface area contributed by atoms with Crippen LogP contribution in [0.25, 0.3) is 0 Å². The molecule has 0 saturated carbocycles. The smallest absolute Gasteiger partial charge is 0.402 e. The van der Waals surface area contributed by atoms with Crippen LogP contribution >= 0.6 is 0 Å². The first kappa shape index (κ1) is 25.4. The number of rotatable bonds is 14. The lowest BCUT2D eigenvalue weighted by Crippen LogP contribution is -3.00. The van der Waals surface area contributed by atoms with E-state index in [1.165, 1.54) is 51.4 Å². The minimum Gasteiger partial charge on any atom is -1.00 e. The first-order chi connectivity index (χ1) is 10.2. The summed E-state index contributed by atoms with van der Waals surface area (Å²) < 4.78 is 35.3. The van der Waals surface area contributed by atoms with E-state index < -0.39 is 16.6 Å². The molecule has 0 amide bonds. The molecule has 0 aliphatic carbocycles. The van der Waals surface area contributed by atoms with E-state index in [-0.39, 0.29) is 12.4 Å². The van der Waals surface area contributed by atoms with Crippen molar-refractivity contribution in [3.63, 3.8) is 0 Å². The van der Waals surface area contributed by atoms with Crippen molar-refractivity contribution in [3.8, 4) is 0 Å². The average molecular weight is 374 g/mol. The molecule has 0 aromatic carbocycles. The van der Waals surface area contributed by atoms with Crippen molar-refractivity contribution in [1.29, 1.82) is 0 Å². The van der Waals surface area contributed by atoms with E-state index in [9.17, 15) is 8.42 Å². The highest BCUT2D eigenvalue weighted by Gasteiger charge is 2.28. The molecule has 0 aromatic rings. The predicted octanol–water partition coefficient (Wildman–Crippen LogP) is 1.15. The average Bonchev–Trinajstić information content (AvgIpc) is 2.39. The number of halogens is 1. The standard InChI is InChI=1S/C16H35NO4S.ClH/c1-5-6-7-8-9-10-11-12-13-14-15-17(3,4)16(2)21-22(18,19)20;/h16H,5-15H2,1-4H3;1H. The van der Waals surface area contributed by atoms with Gasteiger partial charge >= 0.3 is 10.4 Å².